The second-order valence-electron chi connectivity index (χ2n) is 10.4. The number of rotatable bonds is 1. The monoisotopic (exact) mass is 322 g/mol. The summed E-state index contributed by atoms with van der Waals surface area (Å²) in [6.07, 6.45) is 5.65. The Balaban J connectivity index is 1.92. The second kappa shape index (κ2) is 4.53. The third-order valence-electron chi connectivity index (χ3n) is 9.33. The minimum Gasteiger partial charge on any atom is -0.396 e. The average Bonchev–Trinajstić information content (AvgIpc) is 2.81. The molecule has 2 bridgehead atoms. The highest BCUT2D eigenvalue weighted by molar-refractivity contribution is 5.23. The van der Waals surface area contributed by atoms with Gasteiger partial charge in [0.1, 0.15) is 0 Å². The summed E-state index contributed by atoms with van der Waals surface area (Å²) in [4.78, 5) is 0. The predicted octanol–water partition coefficient (Wildman–Crippen LogP) is 2.97. The van der Waals surface area contributed by atoms with Gasteiger partial charge in [-0.15, -0.1) is 0 Å². The fraction of sp³-hybridized carbons (Fsp3) is 1.00. The number of fused-ring (bicyclic) bond motifs is 1. The van der Waals surface area contributed by atoms with Gasteiger partial charge in [0.2, 0.25) is 0 Å². The predicted molar refractivity (Wildman–Crippen MR) is 89.7 cm³/mol. The summed E-state index contributed by atoms with van der Waals surface area (Å²) in [5.41, 5.74) is -0.250. The third kappa shape index (κ3) is 1.72. The van der Waals surface area contributed by atoms with Crippen molar-refractivity contribution in [3.05, 3.63) is 0 Å². The van der Waals surface area contributed by atoms with Gasteiger partial charge in [-0.2, -0.15) is 0 Å². The topological polar surface area (TPSA) is 60.7 Å². The molecule has 4 rings (SSSR count). The molecule has 0 aromatic carbocycles. The van der Waals surface area contributed by atoms with Crippen molar-refractivity contribution in [3.63, 3.8) is 0 Å². The van der Waals surface area contributed by atoms with Gasteiger partial charge < -0.3 is 15.3 Å². The van der Waals surface area contributed by atoms with Gasteiger partial charge in [-0.1, -0.05) is 20.8 Å². The second-order valence-corrected chi connectivity index (χ2v) is 10.4. The Bertz CT molecular complexity index is 513. The number of aliphatic hydroxyl groups excluding tert-OH is 2. The van der Waals surface area contributed by atoms with Crippen molar-refractivity contribution in [2.75, 3.05) is 6.61 Å². The summed E-state index contributed by atoms with van der Waals surface area (Å²) >= 11 is 0. The zero-order chi connectivity index (χ0) is 16.8. The smallest absolute Gasteiger partial charge is 0.0651 e. The number of hydrogen-bond acceptors (Lipinski definition) is 3. The van der Waals surface area contributed by atoms with Crippen LogP contribution in [0.5, 0.6) is 0 Å². The van der Waals surface area contributed by atoms with Gasteiger partial charge >= 0.3 is 0 Å². The van der Waals surface area contributed by atoms with E-state index in [0.717, 1.165) is 38.5 Å². The Kier molecular flexibility index (Phi) is 3.22. The highest BCUT2D eigenvalue weighted by atomic mass is 16.3. The molecule has 132 valence electrons. The Morgan fingerprint density at radius 3 is 2.35 bits per heavy atom. The molecule has 4 saturated carbocycles. The van der Waals surface area contributed by atoms with Gasteiger partial charge in [-0.05, 0) is 85.4 Å². The van der Waals surface area contributed by atoms with Crippen molar-refractivity contribution < 1.29 is 15.3 Å². The normalized spacial score (nSPS) is 60.4. The van der Waals surface area contributed by atoms with E-state index in [0.29, 0.717) is 17.8 Å². The highest BCUT2D eigenvalue weighted by Crippen LogP contribution is 2.78. The molecular weight excluding hydrogens is 288 g/mol. The van der Waals surface area contributed by atoms with E-state index in [9.17, 15) is 15.3 Å². The zero-order valence-corrected chi connectivity index (χ0v) is 15.2. The Labute approximate surface area is 140 Å². The van der Waals surface area contributed by atoms with Crippen LogP contribution in [0.15, 0.2) is 0 Å². The molecular formula is C20H34O3. The summed E-state index contributed by atoms with van der Waals surface area (Å²) in [6, 6.07) is 0. The van der Waals surface area contributed by atoms with Gasteiger partial charge in [0, 0.05) is 6.61 Å². The largest absolute Gasteiger partial charge is 0.396 e. The van der Waals surface area contributed by atoms with Crippen molar-refractivity contribution in [3.8, 4) is 0 Å². The minimum atomic E-state index is -0.563. The molecule has 3 nitrogen and oxygen atoms in total. The molecule has 8 atom stereocenters. The van der Waals surface area contributed by atoms with Gasteiger partial charge in [0.15, 0.2) is 0 Å². The molecule has 4 aliphatic rings. The van der Waals surface area contributed by atoms with E-state index in [4.69, 9.17) is 0 Å². The lowest BCUT2D eigenvalue weighted by Crippen LogP contribution is -2.70. The molecule has 4 fully saturated rings. The van der Waals surface area contributed by atoms with Crippen molar-refractivity contribution in [1.82, 2.24) is 0 Å². The molecule has 0 aliphatic heterocycles. The van der Waals surface area contributed by atoms with Crippen molar-refractivity contribution in [2.24, 2.45) is 39.9 Å². The van der Waals surface area contributed by atoms with Crippen molar-refractivity contribution in [1.29, 1.82) is 0 Å². The first-order chi connectivity index (χ1) is 10.6. The van der Waals surface area contributed by atoms with Crippen LogP contribution in [0.1, 0.15) is 66.2 Å². The third-order valence-corrected chi connectivity index (χ3v) is 9.33. The van der Waals surface area contributed by atoms with E-state index in [1.54, 1.807) is 0 Å². The summed E-state index contributed by atoms with van der Waals surface area (Å²) < 4.78 is 0. The van der Waals surface area contributed by atoms with Crippen LogP contribution < -0.4 is 0 Å². The van der Waals surface area contributed by atoms with Crippen LogP contribution in [0, 0.1) is 39.9 Å². The quantitative estimate of drug-likeness (QED) is 0.695. The van der Waals surface area contributed by atoms with Crippen molar-refractivity contribution >= 4 is 0 Å². The molecule has 0 heterocycles. The molecule has 0 radical (unpaired) electrons. The van der Waals surface area contributed by atoms with E-state index < -0.39 is 5.60 Å². The number of hydrogen-bond donors (Lipinski definition) is 3. The summed E-state index contributed by atoms with van der Waals surface area (Å²) in [6.45, 7) is 9.31. The lowest BCUT2D eigenvalue weighted by atomic mass is 9.32. The maximum Gasteiger partial charge on any atom is 0.0651 e. The molecule has 0 aromatic rings. The van der Waals surface area contributed by atoms with Gasteiger partial charge in [0.25, 0.3) is 0 Å². The Hall–Kier alpha value is -0.120. The fourth-order valence-corrected chi connectivity index (χ4v) is 8.30. The molecule has 0 aromatic heterocycles. The molecule has 3 N–H and O–H groups in total. The van der Waals surface area contributed by atoms with E-state index in [1.807, 2.05) is 6.92 Å². The minimum absolute atomic E-state index is 0.0291. The lowest BCUT2D eigenvalue weighted by Gasteiger charge is -2.73. The molecule has 23 heavy (non-hydrogen) atoms. The van der Waals surface area contributed by atoms with Crippen LogP contribution >= 0.6 is 0 Å². The molecule has 0 amide bonds. The summed E-state index contributed by atoms with van der Waals surface area (Å²) in [5.74, 6) is 1.33. The van der Waals surface area contributed by atoms with Crippen LogP contribution in [0.3, 0.4) is 0 Å². The molecule has 4 aliphatic carbocycles. The van der Waals surface area contributed by atoms with Crippen LogP contribution in [0.4, 0.5) is 0 Å². The highest BCUT2D eigenvalue weighted by Gasteiger charge is 2.74. The van der Waals surface area contributed by atoms with Crippen LogP contribution in [0.25, 0.3) is 0 Å². The van der Waals surface area contributed by atoms with Crippen molar-refractivity contribution in [2.45, 2.75) is 77.9 Å². The Morgan fingerprint density at radius 1 is 1.00 bits per heavy atom. The lowest BCUT2D eigenvalue weighted by molar-refractivity contribution is -0.280. The van der Waals surface area contributed by atoms with Crippen LogP contribution in [-0.4, -0.2) is 33.6 Å². The zero-order valence-electron chi connectivity index (χ0n) is 15.2. The van der Waals surface area contributed by atoms with Gasteiger partial charge in [-0.25, -0.2) is 0 Å². The SMILES string of the molecule is CC1(C)[C@H]2C[C@]3(C)CC[C@H]4[C@H]3[C@@]1(CC[C@]4(C)O)[C@H](CO)C[C@@H]2O. The van der Waals surface area contributed by atoms with E-state index >= 15 is 0 Å². The van der Waals surface area contributed by atoms with Gasteiger partial charge in [-0.3, -0.25) is 0 Å². The number of aliphatic hydroxyl groups is 3. The molecule has 0 unspecified atom stereocenters. The first-order valence-electron chi connectivity index (χ1n) is 9.61. The Morgan fingerprint density at radius 2 is 1.70 bits per heavy atom. The fourth-order valence-electron chi connectivity index (χ4n) is 8.30. The maximum atomic E-state index is 11.1. The van der Waals surface area contributed by atoms with Gasteiger partial charge in [0.05, 0.1) is 11.7 Å². The molecule has 1 spiro atoms. The first-order valence-corrected chi connectivity index (χ1v) is 9.61. The van der Waals surface area contributed by atoms with Crippen LogP contribution in [0.2, 0.25) is 0 Å². The van der Waals surface area contributed by atoms with E-state index in [2.05, 4.69) is 20.8 Å². The van der Waals surface area contributed by atoms with Crippen LogP contribution in [-0.2, 0) is 0 Å². The average molecular weight is 322 g/mol. The molecule has 3 heteroatoms. The molecule has 0 saturated heterocycles. The maximum absolute atomic E-state index is 11.1. The summed E-state index contributed by atoms with van der Waals surface area (Å²) in [7, 11) is 0. The summed E-state index contributed by atoms with van der Waals surface area (Å²) in [5, 5.41) is 32.1. The first kappa shape index (κ1) is 16.4. The standard InChI is InChI=1S/C20H34O3/c1-17(2)14-10-18(3)6-5-13-16(18)20(17,8-7-19(13,4)23)12(11-21)9-15(14)22/h12-16,21-23H,5-11H2,1-4H3/t12-,13-,14-,15-,16+,18-,19-,20+/m0/s1. The van der Waals surface area contributed by atoms with E-state index in [1.165, 1.54) is 0 Å². The van der Waals surface area contributed by atoms with E-state index in [-0.39, 0.29) is 34.9 Å².